The maximum Gasteiger partial charge on any atom is 0.163 e. The van der Waals surface area contributed by atoms with Crippen LogP contribution in [0.2, 0.25) is 0 Å². The summed E-state index contributed by atoms with van der Waals surface area (Å²) in [7, 11) is 0. The van der Waals surface area contributed by atoms with Crippen LogP contribution in [0, 0.1) is 17.6 Å². The highest BCUT2D eigenvalue weighted by Gasteiger charge is 2.28. The minimum Gasteiger partial charge on any atom is -0.274 e. The van der Waals surface area contributed by atoms with E-state index < -0.39 is 11.6 Å². The van der Waals surface area contributed by atoms with Crippen LogP contribution in [0.5, 0.6) is 0 Å². The number of nitrogens with zero attached hydrogens (tertiary/aromatic N) is 6. The van der Waals surface area contributed by atoms with E-state index in [4.69, 9.17) is 19.9 Å². The van der Waals surface area contributed by atoms with E-state index in [1.54, 1.807) is 30.6 Å². The van der Waals surface area contributed by atoms with Gasteiger partial charge in [0.05, 0.1) is 45.1 Å². The zero-order valence-electron chi connectivity index (χ0n) is 30.8. The van der Waals surface area contributed by atoms with Crippen LogP contribution in [0.4, 0.5) is 8.78 Å². The van der Waals surface area contributed by atoms with E-state index in [9.17, 15) is 0 Å². The lowest BCUT2D eigenvalue weighted by molar-refractivity contribution is 0.591. The molecule has 6 nitrogen and oxygen atoms in total. The molecule has 5 heterocycles. The molecule has 9 aromatic rings. The Kier molecular flexibility index (Phi) is 7.89. The molecule has 5 aromatic carbocycles. The zero-order chi connectivity index (χ0) is 38.7. The molecular formula is C50H30F2N6. The Morgan fingerprint density at radius 2 is 1.14 bits per heavy atom. The first-order chi connectivity index (χ1) is 28.5. The first kappa shape index (κ1) is 33.7. The van der Waals surface area contributed by atoms with Gasteiger partial charge in [0, 0.05) is 51.3 Å². The van der Waals surface area contributed by atoms with Crippen LogP contribution in [-0.2, 0) is 0 Å². The van der Waals surface area contributed by atoms with Gasteiger partial charge in [0.25, 0.3) is 0 Å². The molecular weight excluding hydrogens is 723 g/mol. The molecule has 4 aromatic heterocycles. The van der Waals surface area contributed by atoms with Crippen LogP contribution < -0.4 is 0 Å². The van der Waals surface area contributed by atoms with Gasteiger partial charge in [0.2, 0.25) is 0 Å². The largest absolute Gasteiger partial charge is 0.274 e. The standard InChI is InChI=1S/C50H30F2N6/c51-40-26-36(42-21-17-32-12-10-30-7-3-23-53-46(30)48(32)55-42)15-19-38(40)45-28-44(35-14-9-29-5-1-2-6-34(29)25-35)57-50(58-45)39-20-16-37(27-41(39)52)43-22-18-33-13-11-31-8-4-24-54-47(31)49(33)56-43/h1-28,32,48H. The van der Waals surface area contributed by atoms with Crippen molar-refractivity contribution in [3.63, 3.8) is 0 Å². The fourth-order valence-corrected chi connectivity index (χ4v) is 8.03. The molecule has 0 spiro atoms. The van der Waals surface area contributed by atoms with Gasteiger partial charge < -0.3 is 0 Å². The highest BCUT2D eigenvalue weighted by molar-refractivity contribution is 6.09. The number of hydrogen-bond acceptors (Lipinski definition) is 6. The van der Waals surface area contributed by atoms with Gasteiger partial charge in [0.15, 0.2) is 5.82 Å². The maximum absolute atomic E-state index is 16.4. The number of benzene rings is 5. The van der Waals surface area contributed by atoms with Gasteiger partial charge >= 0.3 is 0 Å². The lowest BCUT2D eigenvalue weighted by Gasteiger charge is -2.27. The zero-order valence-corrected chi connectivity index (χ0v) is 30.8. The monoisotopic (exact) mass is 752 g/mol. The van der Waals surface area contributed by atoms with Crippen molar-refractivity contribution in [2.75, 3.05) is 0 Å². The van der Waals surface area contributed by atoms with E-state index in [1.807, 2.05) is 109 Å². The number of hydrogen-bond donors (Lipinski definition) is 0. The Balaban J connectivity index is 0.996. The number of allylic oxidation sites excluding steroid dienone is 1. The maximum atomic E-state index is 16.4. The molecule has 274 valence electrons. The number of pyridine rings is 3. The van der Waals surface area contributed by atoms with Crippen molar-refractivity contribution < 1.29 is 8.78 Å². The SMILES string of the molecule is Fc1cc(C2=NC3c4ncccc4C=CC3C=C2)ccc1-c1cc(-c2ccc3ccccc3c2)nc(-c2ccc(-c3ccc4ccc5cccnc5c4n3)cc2F)n1. The Labute approximate surface area is 331 Å². The summed E-state index contributed by atoms with van der Waals surface area (Å²) in [4.78, 5) is 28.8. The molecule has 0 fully saturated rings. The lowest BCUT2D eigenvalue weighted by Crippen LogP contribution is -2.19. The molecule has 8 heteroatoms. The molecule has 2 atom stereocenters. The van der Waals surface area contributed by atoms with Gasteiger partial charge in [-0.3, -0.25) is 15.0 Å². The van der Waals surface area contributed by atoms with E-state index in [1.165, 1.54) is 12.1 Å². The summed E-state index contributed by atoms with van der Waals surface area (Å²) in [6.07, 6.45) is 11.8. The lowest BCUT2D eigenvalue weighted by atomic mass is 9.85. The van der Waals surface area contributed by atoms with Crippen molar-refractivity contribution in [1.82, 2.24) is 24.9 Å². The number of halogens is 2. The predicted molar refractivity (Wildman–Crippen MR) is 227 cm³/mol. The molecule has 58 heavy (non-hydrogen) atoms. The number of aliphatic imine (C=N–C) groups is 1. The van der Waals surface area contributed by atoms with Gasteiger partial charge in [-0.2, -0.15) is 0 Å². The highest BCUT2D eigenvalue weighted by atomic mass is 19.1. The Morgan fingerprint density at radius 3 is 2.03 bits per heavy atom. The van der Waals surface area contributed by atoms with Crippen molar-refractivity contribution >= 4 is 44.4 Å². The molecule has 0 N–H and O–H groups in total. The van der Waals surface area contributed by atoms with Crippen LogP contribution in [0.25, 0.3) is 83.8 Å². The topological polar surface area (TPSA) is 76.8 Å². The summed E-state index contributed by atoms with van der Waals surface area (Å²) < 4.78 is 32.8. The second-order valence-electron chi connectivity index (χ2n) is 14.6. The molecule has 0 radical (unpaired) electrons. The molecule has 1 aliphatic carbocycles. The summed E-state index contributed by atoms with van der Waals surface area (Å²) >= 11 is 0. The summed E-state index contributed by atoms with van der Waals surface area (Å²) in [6, 6.07) is 41.3. The van der Waals surface area contributed by atoms with Crippen LogP contribution >= 0.6 is 0 Å². The molecule has 2 unspecified atom stereocenters. The van der Waals surface area contributed by atoms with Crippen molar-refractivity contribution in [3.05, 3.63) is 193 Å². The molecule has 11 rings (SSSR count). The van der Waals surface area contributed by atoms with Crippen molar-refractivity contribution in [3.8, 4) is 45.2 Å². The second kappa shape index (κ2) is 13.6. The average Bonchev–Trinajstić information content (AvgIpc) is 3.28. The summed E-state index contributed by atoms with van der Waals surface area (Å²) in [5, 5.41) is 4.02. The molecule has 0 amide bonds. The van der Waals surface area contributed by atoms with Crippen molar-refractivity contribution in [2.24, 2.45) is 10.9 Å². The number of fused-ring (bicyclic) bond motifs is 7. The first-order valence-electron chi connectivity index (χ1n) is 19.0. The Morgan fingerprint density at radius 1 is 0.466 bits per heavy atom. The number of rotatable bonds is 5. The first-order valence-corrected chi connectivity index (χ1v) is 19.0. The van der Waals surface area contributed by atoms with Crippen molar-refractivity contribution in [2.45, 2.75) is 6.04 Å². The summed E-state index contributed by atoms with van der Waals surface area (Å²) in [5.74, 6) is -0.787. The number of aromatic nitrogens is 5. The van der Waals surface area contributed by atoms with E-state index in [0.717, 1.165) is 49.4 Å². The normalized spacial score (nSPS) is 15.7. The molecule has 0 saturated carbocycles. The quantitative estimate of drug-likeness (QED) is 0.164. The smallest absolute Gasteiger partial charge is 0.163 e. The Hall–Kier alpha value is -7.58. The van der Waals surface area contributed by atoms with Gasteiger partial charge in [-0.1, -0.05) is 97.1 Å². The third kappa shape index (κ3) is 5.85. The Bertz CT molecular complexity index is 3240. The fraction of sp³-hybridized carbons (Fsp3) is 0.0400. The third-order valence-electron chi connectivity index (χ3n) is 11.0. The van der Waals surface area contributed by atoms with E-state index >= 15 is 8.78 Å². The van der Waals surface area contributed by atoms with Crippen LogP contribution in [0.15, 0.2) is 169 Å². The van der Waals surface area contributed by atoms with Crippen LogP contribution in [0.3, 0.4) is 0 Å². The minimum absolute atomic E-state index is 0.0826. The minimum atomic E-state index is -0.526. The number of dihydropyridines is 1. The van der Waals surface area contributed by atoms with Crippen molar-refractivity contribution in [1.29, 1.82) is 0 Å². The van der Waals surface area contributed by atoms with Crippen LogP contribution in [-0.4, -0.2) is 30.6 Å². The summed E-state index contributed by atoms with van der Waals surface area (Å²) in [6.45, 7) is 0. The molecule has 2 aliphatic rings. The fourth-order valence-electron chi connectivity index (χ4n) is 8.03. The third-order valence-corrected chi connectivity index (χ3v) is 11.0. The highest BCUT2D eigenvalue weighted by Crippen LogP contribution is 2.38. The molecule has 0 saturated heterocycles. The van der Waals surface area contributed by atoms with Gasteiger partial charge in [-0.25, -0.2) is 23.7 Å². The van der Waals surface area contributed by atoms with Crippen LogP contribution in [0.1, 0.15) is 22.9 Å². The van der Waals surface area contributed by atoms with Gasteiger partial charge in [-0.15, -0.1) is 0 Å². The molecule has 0 bridgehead atoms. The van der Waals surface area contributed by atoms with Gasteiger partial charge in [-0.05, 0) is 77.0 Å². The van der Waals surface area contributed by atoms with E-state index in [-0.39, 0.29) is 28.9 Å². The van der Waals surface area contributed by atoms with E-state index in [2.05, 4.69) is 28.2 Å². The van der Waals surface area contributed by atoms with E-state index in [0.29, 0.717) is 33.9 Å². The average molecular weight is 753 g/mol. The molecule has 1 aliphatic heterocycles. The van der Waals surface area contributed by atoms with Gasteiger partial charge in [0.1, 0.15) is 17.7 Å². The summed E-state index contributed by atoms with van der Waals surface area (Å²) in [5.41, 5.74) is 8.09. The second-order valence-corrected chi connectivity index (χ2v) is 14.6. The predicted octanol–water partition coefficient (Wildman–Crippen LogP) is 11.8.